The molecule has 7 heteroatoms. The van der Waals surface area contributed by atoms with Gasteiger partial charge in [-0.25, -0.2) is 0 Å². The molecule has 0 unspecified atom stereocenters. The van der Waals surface area contributed by atoms with Crippen LogP contribution in [0.3, 0.4) is 0 Å². The first-order valence-electron chi connectivity index (χ1n) is 5.04. The van der Waals surface area contributed by atoms with Crippen molar-refractivity contribution in [2.24, 2.45) is 12.8 Å². The molecule has 0 bridgehead atoms. The van der Waals surface area contributed by atoms with Gasteiger partial charge in [-0.3, -0.25) is 0 Å². The molecule has 2 N–H and O–H groups in total. The maximum absolute atomic E-state index is 5.65. The molecule has 0 amide bonds. The number of halogens is 1. The third-order valence-electron chi connectivity index (χ3n) is 2.16. The number of hydrogen-bond donors (Lipinski definition) is 1. The summed E-state index contributed by atoms with van der Waals surface area (Å²) in [6.45, 7) is 0.687. The van der Waals surface area contributed by atoms with Gasteiger partial charge in [-0.15, -0.1) is 10.2 Å². The summed E-state index contributed by atoms with van der Waals surface area (Å²) in [4.78, 5) is 1.39. The van der Waals surface area contributed by atoms with E-state index >= 15 is 0 Å². The molecule has 90 valence electrons. The second-order valence-corrected chi connectivity index (χ2v) is 4.27. The van der Waals surface area contributed by atoms with E-state index in [1.165, 1.54) is 4.80 Å². The van der Waals surface area contributed by atoms with Gasteiger partial charge in [-0.05, 0) is 27.2 Å². The van der Waals surface area contributed by atoms with E-state index < -0.39 is 0 Å². The van der Waals surface area contributed by atoms with Crippen molar-refractivity contribution in [1.82, 2.24) is 20.2 Å². The minimum absolute atomic E-state index is 0.267. The molecule has 0 aliphatic rings. The molecule has 0 saturated heterocycles. The van der Waals surface area contributed by atoms with Crippen LogP contribution in [0.25, 0.3) is 0 Å². The zero-order valence-electron chi connectivity index (χ0n) is 9.30. The van der Waals surface area contributed by atoms with Crippen LogP contribution in [0, 0.1) is 0 Å². The maximum atomic E-state index is 5.65. The van der Waals surface area contributed by atoms with Gasteiger partial charge >= 0.3 is 0 Å². The first-order chi connectivity index (χ1) is 8.20. The Hall–Kier alpha value is -1.47. The van der Waals surface area contributed by atoms with Crippen molar-refractivity contribution in [1.29, 1.82) is 0 Å². The van der Waals surface area contributed by atoms with Gasteiger partial charge in [0, 0.05) is 12.1 Å². The van der Waals surface area contributed by atoms with Gasteiger partial charge in [0.05, 0.1) is 11.5 Å². The molecule has 2 rings (SSSR count). The van der Waals surface area contributed by atoms with Crippen LogP contribution in [0.1, 0.15) is 11.4 Å². The van der Waals surface area contributed by atoms with Crippen molar-refractivity contribution < 1.29 is 4.74 Å². The van der Waals surface area contributed by atoms with Crippen molar-refractivity contribution >= 4 is 15.9 Å². The highest BCUT2D eigenvalue weighted by Gasteiger charge is 2.08. The van der Waals surface area contributed by atoms with Crippen molar-refractivity contribution in [3.63, 3.8) is 0 Å². The second kappa shape index (κ2) is 5.24. The van der Waals surface area contributed by atoms with Crippen molar-refractivity contribution in [3.8, 4) is 5.75 Å². The topological polar surface area (TPSA) is 78.8 Å². The SMILES string of the molecule is Cn1nnc(COc2c(Br)cccc2CN)n1. The monoisotopic (exact) mass is 297 g/mol. The third kappa shape index (κ3) is 2.80. The molecule has 0 aliphatic carbocycles. The van der Waals surface area contributed by atoms with Crippen LogP contribution in [-0.4, -0.2) is 20.2 Å². The summed E-state index contributed by atoms with van der Waals surface area (Å²) in [5.41, 5.74) is 6.58. The molecule has 0 saturated carbocycles. The van der Waals surface area contributed by atoms with E-state index in [0.29, 0.717) is 12.4 Å². The number of aromatic nitrogens is 4. The van der Waals surface area contributed by atoms with Gasteiger partial charge in [0.25, 0.3) is 0 Å². The average molecular weight is 298 g/mol. The number of nitrogens with zero attached hydrogens (tertiary/aromatic N) is 4. The lowest BCUT2D eigenvalue weighted by molar-refractivity contribution is 0.290. The Morgan fingerprint density at radius 1 is 1.47 bits per heavy atom. The van der Waals surface area contributed by atoms with Gasteiger partial charge in [0.15, 0.2) is 6.61 Å². The van der Waals surface area contributed by atoms with Crippen molar-refractivity contribution in [2.45, 2.75) is 13.2 Å². The van der Waals surface area contributed by atoms with E-state index in [4.69, 9.17) is 10.5 Å². The van der Waals surface area contributed by atoms with Crippen LogP contribution >= 0.6 is 15.9 Å². The normalized spacial score (nSPS) is 10.5. The van der Waals surface area contributed by atoms with Crippen LogP contribution in [0.4, 0.5) is 0 Å². The molecule has 6 nitrogen and oxygen atoms in total. The minimum atomic E-state index is 0.267. The quantitative estimate of drug-likeness (QED) is 0.911. The summed E-state index contributed by atoms with van der Waals surface area (Å²) >= 11 is 3.42. The summed E-state index contributed by atoms with van der Waals surface area (Å²) in [6, 6.07) is 5.74. The highest BCUT2D eigenvalue weighted by molar-refractivity contribution is 9.10. The number of hydrogen-bond acceptors (Lipinski definition) is 5. The molecule has 0 aliphatic heterocycles. The number of benzene rings is 1. The number of ether oxygens (including phenoxy) is 1. The Morgan fingerprint density at radius 3 is 2.94 bits per heavy atom. The second-order valence-electron chi connectivity index (χ2n) is 3.42. The fourth-order valence-corrected chi connectivity index (χ4v) is 1.92. The first-order valence-corrected chi connectivity index (χ1v) is 5.83. The zero-order chi connectivity index (χ0) is 12.3. The highest BCUT2D eigenvalue weighted by Crippen LogP contribution is 2.29. The van der Waals surface area contributed by atoms with E-state index in [1.54, 1.807) is 7.05 Å². The predicted molar refractivity (Wildman–Crippen MR) is 65.2 cm³/mol. The summed E-state index contributed by atoms with van der Waals surface area (Å²) in [6.07, 6.45) is 0. The van der Waals surface area contributed by atoms with Crippen LogP contribution in [0.15, 0.2) is 22.7 Å². The Bertz CT molecular complexity index is 513. The Labute approximate surface area is 107 Å². The predicted octanol–water partition coefficient (Wildman–Crippen LogP) is 1.01. The summed E-state index contributed by atoms with van der Waals surface area (Å²) < 4.78 is 6.52. The van der Waals surface area contributed by atoms with Crippen LogP contribution in [-0.2, 0) is 20.2 Å². The van der Waals surface area contributed by atoms with E-state index in [2.05, 4.69) is 31.3 Å². The largest absolute Gasteiger partial charge is 0.484 e. The van der Waals surface area contributed by atoms with Crippen molar-refractivity contribution in [2.75, 3.05) is 0 Å². The lowest BCUT2D eigenvalue weighted by Gasteiger charge is -2.10. The number of tetrazole rings is 1. The number of para-hydroxylation sites is 1. The van der Waals surface area contributed by atoms with E-state index in [0.717, 1.165) is 15.8 Å². The van der Waals surface area contributed by atoms with E-state index in [-0.39, 0.29) is 6.61 Å². The molecule has 0 spiro atoms. The molecule has 1 aromatic heterocycles. The van der Waals surface area contributed by atoms with Crippen LogP contribution in [0.2, 0.25) is 0 Å². The lowest BCUT2D eigenvalue weighted by atomic mass is 10.2. The average Bonchev–Trinajstić information content (AvgIpc) is 2.73. The van der Waals surface area contributed by atoms with Gasteiger partial charge < -0.3 is 10.5 Å². The van der Waals surface area contributed by atoms with E-state index in [9.17, 15) is 0 Å². The van der Waals surface area contributed by atoms with Gasteiger partial charge in [-0.1, -0.05) is 12.1 Å². The Kier molecular flexibility index (Phi) is 3.70. The molecular formula is C10H12BrN5O. The highest BCUT2D eigenvalue weighted by atomic mass is 79.9. The minimum Gasteiger partial charge on any atom is -0.484 e. The van der Waals surface area contributed by atoms with E-state index in [1.807, 2.05) is 18.2 Å². The number of aryl methyl sites for hydroxylation is 1. The summed E-state index contributed by atoms with van der Waals surface area (Å²) in [7, 11) is 1.71. The van der Waals surface area contributed by atoms with Gasteiger partial charge in [0.2, 0.25) is 5.82 Å². The van der Waals surface area contributed by atoms with Crippen LogP contribution in [0.5, 0.6) is 5.75 Å². The standard InChI is InChI=1S/C10H12BrN5O/c1-16-14-9(13-15-16)6-17-10-7(5-12)3-2-4-8(10)11/h2-4H,5-6,12H2,1H3. The van der Waals surface area contributed by atoms with Gasteiger partial charge in [0.1, 0.15) is 5.75 Å². The van der Waals surface area contributed by atoms with Crippen molar-refractivity contribution in [3.05, 3.63) is 34.1 Å². The molecule has 0 radical (unpaired) electrons. The van der Waals surface area contributed by atoms with Gasteiger partial charge in [-0.2, -0.15) is 4.80 Å². The number of rotatable bonds is 4. The Morgan fingerprint density at radius 2 is 2.29 bits per heavy atom. The molecule has 0 fully saturated rings. The molecule has 17 heavy (non-hydrogen) atoms. The van der Waals surface area contributed by atoms with Crippen LogP contribution < -0.4 is 10.5 Å². The molecule has 2 aromatic rings. The third-order valence-corrected chi connectivity index (χ3v) is 2.79. The Balaban J connectivity index is 2.13. The summed E-state index contributed by atoms with van der Waals surface area (Å²) in [5, 5.41) is 11.6. The molecule has 1 aromatic carbocycles. The summed E-state index contributed by atoms with van der Waals surface area (Å²) in [5.74, 6) is 1.26. The smallest absolute Gasteiger partial charge is 0.212 e. The number of nitrogens with two attached hydrogens (primary N) is 1. The molecular weight excluding hydrogens is 286 g/mol. The first kappa shape index (κ1) is 12.0. The maximum Gasteiger partial charge on any atom is 0.212 e. The lowest BCUT2D eigenvalue weighted by Crippen LogP contribution is -2.04. The molecule has 0 atom stereocenters. The fraction of sp³-hybridized carbons (Fsp3) is 0.300. The fourth-order valence-electron chi connectivity index (χ4n) is 1.39. The molecule has 1 heterocycles. The zero-order valence-corrected chi connectivity index (χ0v) is 10.9.